The van der Waals surface area contributed by atoms with Gasteiger partial charge in [-0.25, -0.2) is 0 Å². The standard InChI is InChI=1S/C21H21ClN2O2/c22-18-4-2-1-3-14(18)7-10-20(25)23-17-8-9-19-16(13-17)11-12-24(19)21(26)15-5-6-15/h1-4,8-9,13,15H,5-7,10-12H2,(H,23,25). The monoisotopic (exact) mass is 368 g/mol. The Bertz CT molecular complexity index is 861. The number of nitrogens with zero attached hydrogens (tertiary/aromatic N) is 1. The maximum absolute atomic E-state index is 12.3. The second-order valence-corrected chi connectivity index (χ2v) is 7.40. The van der Waals surface area contributed by atoms with Gasteiger partial charge in [0.2, 0.25) is 11.8 Å². The van der Waals surface area contributed by atoms with Gasteiger partial charge in [0.25, 0.3) is 0 Å². The summed E-state index contributed by atoms with van der Waals surface area (Å²) in [4.78, 5) is 26.5. The third-order valence-corrected chi connectivity index (χ3v) is 5.40. The highest BCUT2D eigenvalue weighted by atomic mass is 35.5. The van der Waals surface area contributed by atoms with Gasteiger partial charge in [-0.1, -0.05) is 29.8 Å². The van der Waals surface area contributed by atoms with Crippen molar-refractivity contribution in [2.24, 2.45) is 5.92 Å². The second kappa shape index (κ2) is 7.12. The van der Waals surface area contributed by atoms with Gasteiger partial charge in [-0.15, -0.1) is 0 Å². The summed E-state index contributed by atoms with van der Waals surface area (Å²) in [6.45, 7) is 0.745. The fourth-order valence-corrected chi connectivity index (χ4v) is 3.66. The summed E-state index contributed by atoms with van der Waals surface area (Å²) in [6, 6.07) is 13.4. The molecule has 134 valence electrons. The summed E-state index contributed by atoms with van der Waals surface area (Å²) in [6.07, 6.45) is 3.87. The lowest BCUT2D eigenvalue weighted by molar-refractivity contribution is -0.119. The van der Waals surface area contributed by atoms with Crippen molar-refractivity contribution in [2.75, 3.05) is 16.8 Å². The average molecular weight is 369 g/mol. The van der Waals surface area contributed by atoms with Crippen LogP contribution in [0.3, 0.4) is 0 Å². The number of nitrogens with one attached hydrogen (secondary N) is 1. The fraction of sp³-hybridized carbons (Fsp3) is 0.333. The van der Waals surface area contributed by atoms with Crippen molar-refractivity contribution in [3.05, 3.63) is 58.6 Å². The third kappa shape index (κ3) is 3.61. The van der Waals surface area contributed by atoms with Crippen LogP contribution >= 0.6 is 11.6 Å². The van der Waals surface area contributed by atoms with Gasteiger partial charge >= 0.3 is 0 Å². The Morgan fingerprint density at radius 1 is 1.15 bits per heavy atom. The number of carbonyl (C=O) groups excluding carboxylic acids is 2. The van der Waals surface area contributed by atoms with E-state index in [0.717, 1.165) is 48.3 Å². The van der Waals surface area contributed by atoms with E-state index in [9.17, 15) is 9.59 Å². The molecule has 26 heavy (non-hydrogen) atoms. The van der Waals surface area contributed by atoms with E-state index in [1.54, 1.807) is 0 Å². The topological polar surface area (TPSA) is 49.4 Å². The molecule has 0 saturated heterocycles. The molecule has 0 radical (unpaired) electrons. The van der Waals surface area contributed by atoms with Crippen LogP contribution in [0.2, 0.25) is 5.02 Å². The minimum atomic E-state index is -0.0335. The number of carbonyl (C=O) groups is 2. The van der Waals surface area contributed by atoms with Crippen LogP contribution in [0.15, 0.2) is 42.5 Å². The zero-order valence-corrected chi connectivity index (χ0v) is 15.3. The molecule has 1 N–H and O–H groups in total. The molecule has 4 rings (SSSR count). The molecule has 0 unspecified atom stereocenters. The summed E-state index contributed by atoms with van der Waals surface area (Å²) in [5, 5.41) is 3.65. The van der Waals surface area contributed by atoms with E-state index in [1.165, 1.54) is 0 Å². The first-order chi connectivity index (χ1) is 12.6. The number of benzene rings is 2. The Kier molecular flexibility index (Phi) is 4.68. The smallest absolute Gasteiger partial charge is 0.230 e. The van der Waals surface area contributed by atoms with Crippen molar-refractivity contribution in [3.63, 3.8) is 0 Å². The van der Waals surface area contributed by atoms with Crippen molar-refractivity contribution in [1.29, 1.82) is 0 Å². The molecule has 2 aliphatic rings. The number of hydrogen-bond acceptors (Lipinski definition) is 2. The third-order valence-electron chi connectivity index (χ3n) is 5.03. The maximum Gasteiger partial charge on any atom is 0.230 e. The molecule has 4 nitrogen and oxygen atoms in total. The summed E-state index contributed by atoms with van der Waals surface area (Å²) >= 11 is 6.13. The first-order valence-corrected chi connectivity index (χ1v) is 9.47. The van der Waals surface area contributed by atoms with Gasteiger partial charge in [-0.2, -0.15) is 0 Å². The molecule has 0 aromatic heterocycles. The Hall–Kier alpha value is -2.33. The molecule has 1 aliphatic heterocycles. The van der Waals surface area contributed by atoms with Crippen LogP contribution < -0.4 is 10.2 Å². The first kappa shape index (κ1) is 17.1. The molecule has 1 aliphatic carbocycles. The molecular weight excluding hydrogens is 348 g/mol. The van der Waals surface area contributed by atoms with Crippen LogP contribution in [-0.4, -0.2) is 18.4 Å². The quantitative estimate of drug-likeness (QED) is 0.859. The average Bonchev–Trinajstić information content (AvgIpc) is 3.40. The number of amides is 2. The highest BCUT2D eigenvalue weighted by Crippen LogP contribution is 2.37. The Morgan fingerprint density at radius 3 is 2.73 bits per heavy atom. The molecule has 0 spiro atoms. The van der Waals surface area contributed by atoms with E-state index in [2.05, 4.69) is 5.32 Å². The van der Waals surface area contributed by atoms with Gasteiger partial charge in [-0.3, -0.25) is 9.59 Å². The van der Waals surface area contributed by atoms with Crippen LogP contribution in [0.1, 0.15) is 30.4 Å². The van der Waals surface area contributed by atoms with E-state index >= 15 is 0 Å². The Labute approximate surface area is 158 Å². The van der Waals surface area contributed by atoms with E-state index in [4.69, 9.17) is 11.6 Å². The van der Waals surface area contributed by atoms with Crippen LogP contribution in [0.25, 0.3) is 0 Å². The largest absolute Gasteiger partial charge is 0.326 e. The molecule has 5 heteroatoms. The highest BCUT2D eigenvalue weighted by Gasteiger charge is 2.36. The molecule has 0 atom stereocenters. The SMILES string of the molecule is O=C(CCc1ccccc1Cl)Nc1ccc2c(c1)CCN2C(=O)C1CC1. The van der Waals surface area contributed by atoms with Crippen LogP contribution in [-0.2, 0) is 22.4 Å². The summed E-state index contributed by atoms with van der Waals surface area (Å²) in [7, 11) is 0. The predicted octanol–water partition coefficient (Wildman–Crippen LogP) is 4.21. The number of halogens is 1. The van der Waals surface area contributed by atoms with E-state index in [1.807, 2.05) is 47.4 Å². The van der Waals surface area contributed by atoms with Crippen molar-refractivity contribution in [1.82, 2.24) is 0 Å². The van der Waals surface area contributed by atoms with Crippen molar-refractivity contribution >= 4 is 34.8 Å². The molecule has 1 fully saturated rings. The van der Waals surface area contributed by atoms with Gasteiger partial charge in [-0.05, 0) is 61.1 Å². The normalized spacial score (nSPS) is 15.7. The lowest BCUT2D eigenvalue weighted by Gasteiger charge is -2.17. The Morgan fingerprint density at radius 2 is 1.96 bits per heavy atom. The van der Waals surface area contributed by atoms with Gasteiger partial charge in [0.05, 0.1) is 0 Å². The van der Waals surface area contributed by atoms with Crippen LogP contribution in [0, 0.1) is 5.92 Å². The van der Waals surface area contributed by atoms with Crippen LogP contribution in [0.4, 0.5) is 11.4 Å². The predicted molar refractivity (Wildman–Crippen MR) is 104 cm³/mol. The number of fused-ring (bicyclic) bond motifs is 1. The van der Waals surface area contributed by atoms with Crippen LogP contribution in [0.5, 0.6) is 0 Å². The number of rotatable bonds is 5. The van der Waals surface area contributed by atoms with E-state index in [-0.39, 0.29) is 17.7 Å². The lowest BCUT2D eigenvalue weighted by Crippen LogP contribution is -2.30. The molecule has 2 aromatic rings. The van der Waals surface area contributed by atoms with Crippen molar-refractivity contribution < 1.29 is 9.59 Å². The molecule has 2 aromatic carbocycles. The maximum atomic E-state index is 12.3. The van der Waals surface area contributed by atoms with Gasteiger partial charge < -0.3 is 10.2 Å². The lowest BCUT2D eigenvalue weighted by atomic mass is 10.1. The van der Waals surface area contributed by atoms with Crippen molar-refractivity contribution in [2.45, 2.75) is 32.1 Å². The zero-order chi connectivity index (χ0) is 18.1. The minimum Gasteiger partial charge on any atom is -0.326 e. The summed E-state index contributed by atoms with van der Waals surface area (Å²) in [5.74, 6) is 0.444. The summed E-state index contributed by atoms with van der Waals surface area (Å²) < 4.78 is 0. The molecule has 1 heterocycles. The number of hydrogen-bond donors (Lipinski definition) is 1. The fourth-order valence-electron chi connectivity index (χ4n) is 3.43. The second-order valence-electron chi connectivity index (χ2n) is 7.00. The molecule has 1 saturated carbocycles. The van der Waals surface area contributed by atoms with Gasteiger partial charge in [0.15, 0.2) is 0 Å². The first-order valence-electron chi connectivity index (χ1n) is 9.09. The molecule has 0 bridgehead atoms. The van der Waals surface area contributed by atoms with Crippen molar-refractivity contribution in [3.8, 4) is 0 Å². The summed E-state index contributed by atoms with van der Waals surface area (Å²) in [5.41, 5.74) is 3.89. The van der Waals surface area contributed by atoms with Gasteiger partial charge in [0.1, 0.15) is 0 Å². The molecule has 2 amide bonds. The van der Waals surface area contributed by atoms with E-state index in [0.29, 0.717) is 17.9 Å². The van der Waals surface area contributed by atoms with E-state index < -0.39 is 0 Å². The number of anilines is 2. The zero-order valence-electron chi connectivity index (χ0n) is 14.5. The van der Waals surface area contributed by atoms with Gasteiger partial charge in [0, 0.05) is 35.3 Å². The highest BCUT2D eigenvalue weighted by molar-refractivity contribution is 6.31. The number of aryl methyl sites for hydroxylation is 1. The minimum absolute atomic E-state index is 0.0335. The Balaban J connectivity index is 1.37. The molecular formula is C21H21ClN2O2.